The van der Waals surface area contributed by atoms with Crippen LogP contribution in [0.2, 0.25) is 0 Å². The van der Waals surface area contributed by atoms with E-state index in [0.29, 0.717) is 52.0 Å². The van der Waals surface area contributed by atoms with Crippen LogP contribution in [0.15, 0.2) is 60.7 Å². The fourth-order valence-corrected chi connectivity index (χ4v) is 3.45. The maximum Gasteiger partial charge on any atom is 0.251 e. The number of hydrogen-bond acceptors (Lipinski definition) is 4. The molecule has 2 aromatic carbocycles. The Labute approximate surface area is 171 Å². The van der Waals surface area contributed by atoms with Gasteiger partial charge in [0.05, 0.1) is 13.0 Å². The van der Waals surface area contributed by atoms with Crippen LogP contribution >= 0.6 is 0 Å². The van der Waals surface area contributed by atoms with Gasteiger partial charge in [0, 0.05) is 32.6 Å². The number of nitrogens with zero attached hydrogens (tertiary/aromatic N) is 2. The predicted molar refractivity (Wildman–Crippen MR) is 110 cm³/mol. The molecule has 2 amide bonds. The zero-order valence-electron chi connectivity index (χ0n) is 16.6. The summed E-state index contributed by atoms with van der Waals surface area (Å²) in [6.07, 6.45) is 0.253. The molecule has 0 bridgehead atoms. The molecule has 0 aromatic heterocycles. The standard InChI is InChI=1S/C23H28N2O4/c26-21(18-19-8-3-1-4-9-19)23(28)25-14-7-13-24(15-16-25)22(27)12-17-29-20-10-5-2-6-11-20/h1-6,8-11,21,26H,7,12-18H2. The zero-order chi connectivity index (χ0) is 20.5. The van der Waals surface area contributed by atoms with E-state index in [9.17, 15) is 14.7 Å². The van der Waals surface area contributed by atoms with Gasteiger partial charge in [0.15, 0.2) is 0 Å². The second kappa shape index (κ2) is 10.6. The normalized spacial score (nSPS) is 15.5. The van der Waals surface area contributed by atoms with Crippen LogP contribution in [0, 0.1) is 0 Å². The van der Waals surface area contributed by atoms with Crippen LogP contribution in [0.5, 0.6) is 5.75 Å². The van der Waals surface area contributed by atoms with Gasteiger partial charge in [-0.3, -0.25) is 9.59 Å². The molecule has 1 unspecified atom stereocenters. The number of aliphatic hydroxyl groups is 1. The summed E-state index contributed by atoms with van der Waals surface area (Å²) in [6.45, 7) is 2.42. The first-order valence-corrected chi connectivity index (χ1v) is 10.1. The van der Waals surface area contributed by atoms with Gasteiger partial charge in [-0.25, -0.2) is 0 Å². The molecule has 1 aliphatic heterocycles. The quantitative estimate of drug-likeness (QED) is 0.778. The van der Waals surface area contributed by atoms with Crippen molar-refractivity contribution in [2.45, 2.75) is 25.4 Å². The van der Waals surface area contributed by atoms with E-state index in [1.807, 2.05) is 60.7 Å². The van der Waals surface area contributed by atoms with Crippen molar-refractivity contribution < 1.29 is 19.4 Å². The highest BCUT2D eigenvalue weighted by Crippen LogP contribution is 2.11. The highest BCUT2D eigenvalue weighted by atomic mass is 16.5. The van der Waals surface area contributed by atoms with Crippen LogP contribution in [0.4, 0.5) is 0 Å². The number of amides is 2. The molecule has 1 saturated heterocycles. The molecule has 1 heterocycles. The topological polar surface area (TPSA) is 70.1 Å². The molecule has 1 atom stereocenters. The van der Waals surface area contributed by atoms with Crippen molar-refractivity contribution in [1.82, 2.24) is 9.80 Å². The first kappa shape index (κ1) is 20.9. The third-order valence-electron chi connectivity index (χ3n) is 5.05. The lowest BCUT2D eigenvalue weighted by molar-refractivity contribution is -0.140. The molecule has 154 valence electrons. The van der Waals surface area contributed by atoms with Crippen molar-refractivity contribution in [2.24, 2.45) is 0 Å². The number of hydrogen-bond donors (Lipinski definition) is 1. The molecule has 2 aromatic rings. The predicted octanol–water partition coefficient (Wildman–Crippen LogP) is 2.12. The minimum atomic E-state index is -1.06. The molecule has 1 N–H and O–H groups in total. The summed E-state index contributed by atoms with van der Waals surface area (Å²) < 4.78 is 5.60. The van der Waals surface area contributed by atoms with E-state index in [2.05, 4.69) is 0 Å². The number of para-hydroxylation sites is 1. The molecule has 1 aliphatic rings. The summed E-state index contributed by atoms with van der Waals surface area (Å²) in [5.74, 6) is 0.510. The van der Waals surface area contributed by atoms with Crippen molar-refractivity contribution >= 4 is 11.8 Å². The third-order valence-corrected chi connectivity index (χ3v) is 5.05. The van der Waals surface area contributed by atoms with E-state index >= 15 is 0 Å². The summed E-state index contributed by atoms with van der Waals surface area (Å²) in [6, 6.07) is 18.9. The largest absolute Gasteiger partial charge is 0.493 e. The van der Waals surface area contributed by atoms with Crippen molar-refractivity contribution in [3.05, 3.63) is 66.2 Å². The van der Waals surface area contributed by atoms with E-state index in [1.165, 1.54) is 0 Å². The first-order chi connectivity index (χ1) is 14.1. The fraction of sp³-hybridized carbons (Fsp3) is 0.391. The average Bonchev–Trinajstić information content (AvgIpc) is 3.01. The van der Waals surface area contributed by atoms with Crippen LogP contribution in [0.3, 0.4) is 0 Å². The minimum Gasteiger partial charge on any atom is -0.493 e. The van der Waals surface area contributed by atoms with Crippen LogP contribution in [0.25, 0.3) is 0 Å². The Morgan fingerprint density at radius 1 is 0.897 bits per heavy atom. The number of carbonyl (C=O) groups is 2. The summed E-state index contributed by atoms with van der Waals surface area (Å²) in [5, 5.41) is 10.3. The molecule has 0 aliphatic carbocycles. The molecule has 0 radical (unpaired) electrons. The smallest absolute Gasteiger partial charge is 0.251 e. The van der Waals surface area contributed by atoms with Gasteiger partial charge in [-0.2, -0.15) is 0 Å². The van der Waals surface area contributed by atoms with Gasteiger partial charge in [-0.15, -0.1) is 0 Å². The highest BCUT2D eigenvalue weighted by molar-refractivity contribution is 5.81. The van der Waals surface area contributed by atoms with Gasteiger partial charge in [0.2, 0.25) is 5.91 Å². The Morgan fingerprint density at radius 3 is 2.24 bits per heavy atom. The van der Waals surface area contributed by atoms with Crippen LogP contribution in [-0.4, -0.2) is 65.6 Å². The van der Waals surface area contributed by atoms with E-state index in [-0.39, 0.29) is 11.8 Å². The molecule has 6 nitrogen and oxygen atoms in total. The highest BCUT2D eigenvalue weighted by Gasteiger charge is 2.26. The molecule has 3 rings (SSSR count). The second-order valence-corrected chi connectivity index (χ2v) is 7.18. The lowest BCUT2D eigenvalue weighted by atomic mass is 10.1. The molecular weight excluding hydrogens is 368 g/mol. The lowest BCUT2D eigenvalue weighted by Gasteiger charge is -2.24. The monoisotopic (exact) mass is 396 g/mol. The van der Waals surface area contributed by atoms with Crippen molar-refractivity contribution in [2.75, 3.05) is 32.8 Å². The number of ether oxygens (including phenoxy) is 1. The average molecular weight is 396 g/mol. The Kier molecular flexibility index (Phi) is 7.64. The summed E-state index contributed by atoms with van der Waals surface area (Å²) in [4.78, 5) is 28.5. The van der Waals surface area contributed by atoms with E-state index in [4.69, 9.17) is 4.74 Å². The van der Waals surface area contributed by atoms with E-state index in [0.717, 1.165) is 11.3 Å². The maximum absolute atomic E-state index is 12.6. The molecule has 0 saturated carbocycles. The van der Waals surface area contributed by atoms with Gasteiger partial charge in [-0.1, -0.05) is 48.5 Å². The summed E-state index contributed by atoms with van der Waals surface area (Å²) in [7, 11) is 0. The van der Waals surface area contributed by atoms with Crippen LogP contribution in [0.1, 0.15) is 18.4 Å². The van der Waals surface area contributed by atoms with E-state index < -0.39 is 6.10 Å². The number of aliphatic hydroxyl groups excluding tert-OH is 1. The fourth-order valence-electron chi connectivity index (χ4n) is 3.45. The number of carbonyl (C=O) groups excluding carboxylic acids is 2. The lowest BCUT2D eigenvalue weighted by Crippen LogP contribution is -2.42. The van der Waals surface area contributed by atoms with Gasteiger partial charge in [0.25, 0.3) is 5.91 Å². The van der Waals surface area contributed by atoms with Gasteiger partial charge < -0.3 is 19.6 Å². The van der Waals surface area contributed by atoms with Crippen molar-refractivity contribution in [1.29, 1.82) is 0 Å². The number of benzene rings is 2. The maximum atomic E-state index is 12.6. The zero-order valence-corrected chi connectivity index (χ0v) is 16.6. The molecule has 0 spiro atoms. The Bertz CT molecular complexity index is 782. The second-order valence-electron chi connectivity index (χ2n) is 7.18. The summed E-state index contributed by atoms with van der Waals surface area (Å²) >= 11 is 0. The molecular formula is C23H28N2O4. The van der Waals surface area contributed by atoms with Crippen LogP contribution < -0.4 is 4.74 Å². The van der Waals surface area contributed by atoms with Crippen molar-refractivity contribution in [3.63, 3.8) is 0 Å². The molecule has 6 heteroatoms. The van der Waals surface area contributed by atoms with Crippen molar-refractivity contribution in [3.8, 4) is 5.75 Å². The van der Waals surface area contributed by atoms with E-state index in [1.54, 1.807) is 9.80 Å². The molecule has 1 fully saturated rings. The van der Waals surface area contributed by atoms with Gasteiger partial charge in [-0.05, 0) is 24.1 Å². The Balaban J connectivity index is 1.44. The Morgan fingerprint density at radius 2 is 1.52 bits per heavy atom. The third kappa shape index (κ3) is 6.32. The van der Waals surface area contributed by atoms with Crippen LogP contribution in [-0.2, 0) is 16.0 Å². The Hall–Kier alpha value is -2.86. The van der Waals surface area contributed by atoms with Gasteiger partial charge >= 0.3 is 0 Å². The first-order valence-electron chi connectivity index (χ1n) is 10.1. The molecule has 29 heavy (non-hydrogen) atoms. The minimum absolute atomic E-state index is 0.0278. The number of rotatable bonds is 7. The summed E-state index contributed by atoms with van der Waals surface area (Å²) in [5.41, 5.74) is 0.929. The van der Waals surface area contributed by atoms with Gasteiger partial charge in [0.1, 0.15) is 11.9 Å². The SMILES string of the molecule is O=C(CCOc1ccccc1)N1CCCN(C(=O)C(O)Cc2ccccc2)CC1.